The predicted molar refractivity (Wildman–Crippen MR) is 110 cm³/mol. The number of benzene rings is 2. The first-order valence-corrected chi connectivity index (χ1v) is 11.2. The van der Waals surface area contributed by atoms with Crippen molar-refractivity contribution in [2.45, 2.75) is 50.0 Å². The molecule has 0 saturated heterocycles. The van der Waals surface area contributed by atoms with Gasteiger partial charge in [-0.05, 0) is 56.0 Å². The third kappa shape index (κ3) is 3.77. The number of aromatic amines is 1. The Labute approximate surface area is 165 Å². The Morgan fingerprint density at radius 3 is 2.64 bits per heavy atom. The van der Waals surface area contributed by atoms with Gasteiger partial charge in [0.05, 0.1) is 21.5 Å². The zero-order valence-electron chi connectivity index (χ0n) is 15.9. The van der Waals surface area contributed by atoms with Gasteiger partial charge in [-0.3, -0.25) is 0 Å². The molecule has 3 N–H and O–H groups in total. The van der Waals surface area contributed by atoms with E-state index in [4.69, 9.17) is 0 Å². The van der Waals surface area contributed by atoms with Gasteiger partial charge < -0.3 is 10.1 Å². The van der Waals surface area contributed by atoms with Crippen molar-refractivity contribution in [3.05, 3.63) is 42.5 Å². The largest absolute Gasteiger partial charge is 0.507 e. The molecule has 1 aliphatic rings. The summed E-state index contributed by atoms with van der Waals surface area (Å²) in [5.41, 5.74) is 1.84. The summed E-state index contributed by atoms with van der Waals surface area (Å²) in [5.74, 6) is 1.02. The topological polar surface area (TPSA) is 95.1 Å². The molecule has 1 unspecified atom stereocenters. The van der Waals surface area contributed by atoms with Gasteiger partial charge in [-0.1, -0.05) is 31.4 Å². The molecule has 2 aromatic carbocycles. The first kappa shape index (κ1) is 19.0. The van der Waals surface area contributed by atoms with Crippen LogP contribution in [0, 0.1) is 5.92 Å². The lowest BCUT2D eigenvalue weighted by atomic mass is 9.85. The van der Waals surface area contributed by atoms with E-state index in [0.717, 1.165) is 12.8 Å². The van der Waals surface area contributed by atoms with Crippen molar-refractivity contribution in [2.75, 3.05) is 0 Å². The summed E-state index contributed by atoms with van der Waals surface area (Å²) >= 11 is 0. The van der Waals surface area contributed by atoms with Gasteiger partial charge in [-0.25, -0.2) is 18.1 Å². The highest BCUT2D eigenvalue weighted by Gasteiger charge is 2.25. The van der Waals surface area contributed by atoms with E-state index in [1.54, 1.807) is 36.4 Å². The average molecular weight is 400 g/mol. The van der Waals surface area contributed by atoms with Crippen LogP contribution in [0.3, 0.4) is 0 Å². The molecular formula is C21H25N3O3S. The van der Waals surface area contributed by atoms with Crippen LogP contribution in [-0.2, 0) is 10.0 Å². The molecule has 6 nitrogen and oxygen atoms in total. The molecule has 1 heterocycles. The summed E-state index contributed by atoms with van der Waals surface area (Å²) in [6.07, 6.45) is 5.74. The normalized spacial score (nSPS) is 17.0. The van der Waals surface area contributed by atoms with Gasteiger partial charge in [-0.15, -0.1) is 0 Å². The third-order valence-electron chi connectivity index (χ3n) is 5.62. The van der Waals surface area contributed by atoms with Gasteiger partial charge in [-0.2, -0.15) is 0 Å². The fraction of sp³-hybridized carbons (Fsp3) is 0.381. The summed E-state index contributed by atoms with van der Waals surface area (Å²) in [5, 5.41) is 10.0. The summed E-state index contributed by atoms with van der Waals surface area (Å²) in [6.45, 7) is 1.96. The smallest absolute Gasteiger partial charge is 0.240 e. The minimum atomic E-state index is -3.61. The second kappa shape index (κ2) is 7.56. The number of fused-ring (bicyclic) bond motifs is 1. The highest BCUT2D eigenvalue weighted by molar-refractivity contribution is 7.89. The maximum Gasteiger partial charge on any atom is 0.240 e. The van der Waals surface area contributed by atoms with Crippen LogP contribution in [0.25, 0.3) is 22.4 Å². The Bertz CT molecular complexity index is 1090. The zero-order valence-corrected chi connectivity index (χ0v) is 16.7. The molecule has 7 heteroatoms. The Hall–Kier alpha value is -2.38. The number of aromatic nitrogens is 2. The SMILES string of the molecule is CC(NS(=O)(=O)c1ccc2nc(-c3ccccc3O)[nH]c2c1)C1CCCCC1. The quantitative estimate of drug-likeness (QED) is 0.600. The van der Waals surface area contributed by atoms with Gasteiger partial charge in [0.2, 0.25) is 10.0 Å². The molecular weight excluding hydrogens is 374 g/mol. The second-order valence-electron chi connectivity index (χ2n) is 7.59. The molecule has 28 heavy (non-hydrogen) atoms. The zero-order chi connectivity index (χ0) is 19.7. The highest BCUT2D eigenvalue weighted by atomic mass is 32.2. The predicted octanol–water partition coefficient (Wildman–Crippen LogP) is 4.18. The van der Waals surface area contributed by atoms with Crippen LogP contribution < -0.4 is 4.72 Å². The molecule has 148 valence electrons. The molecule has 3 aromatic rings. The standard InChI is InChI=1S/C21H25N3O3S/c1-14(15-7-3-2-4-8-15)24-28(26,27)16-11-12-18-19(13-16)23-21(22-18)17-9-5-6-10-20(17)25/h5-6,9-15,24-25H,2-4,7-8H2,1H3,(H,22,23). The third-order valence-corrected chi connectivity index (χ3v) is 7.18. The average Bonchev–Trinajstić information content (AvgIpc) is 3.11. The summed E-state index contributed by atoms with van der Waals surface area (Å²) in [6, 6.07) is 11.7. The van der Waals surface area contributed by atoms with Crippen LogP contribution in [0.5, 0.6) is 5.75 Å². The lowest BCUT2D eigenvalue weighted by Gasteiger charge is -2.28. The van der Waals surface area contributed by atoms with Crippen LogP contribution in [0.2, 0.25) is 0 Å². The molecule has 4 rings (SSSR count). The molecule has 1 fully saturated rings. The number of H-pyrrole nitrogens is 1. The van der Waals surface area contributed by atoms with E-state index in [0.29, 0.717) is 28.3 Å². The number of rotatable bonds is 5. The van der Waals surface area contributed by atoms with E-state index >= 15 is 0 Å². The molecule has 1 atom stereocenters. The summed E-state index contributed by atoms with van der Waals surface area (Å²) < 4.78 is 28.6. The fourth-order valence-corrected chi connectivity index (χ4v) is 5.34. The van der Waals surface area contributed by atoms with E-state index in [9.17, 15) is 13.5 Å². The maximum atomic E-state index is 12.9. The first-order chi connectivity index (χ1) is 13.4. The van der Waals surface area contributed by atoms with E-state index in [-0.39, 0.29) is 16.7 Å². The molecule has 0 aliphatic heterocycles. The van der Waals surface area contributed by atoms with Crippen molar-refractivity contribution < 1.29 is 13.5 Å². The maximum absolute atomic E-state index is 12.9. The number of hydrogen-bond donors (Lipinski definition) is 3. The number of phenols is 1. The number of aromatic hydroxyl groups is 1. The number of sulfonamides is 1. The van der Waals surface area contributed by atoms with Gasteiger partial charge in [0.1, 0.15) is 11.6 Å². The van der Waals surface area contributed by atoms with E-state index in [2.05, 4.69) is 14.7 Å². The van der Waals surface area contributed by atoms with Crippen LogP contribution in [-0.4, -0.2) is 29.5 Å². The van der Waals surface area contributed by atoms with Crippen LogP contribution in [0.4, 0.5) is 0 Å². The van der Waals surface area contributed by atoms with Crippen LogP contribution >= 0.6 is 0 Å². The molecule has 0 amide bonds. The van der Waals surface area contributed by atoms with E-state index in [1.807, 2.05) is 13.0 Å². The Morgan fingerprint density at radius 1 is 1.14 bits per heavy atom. The molecule has 0 spiro atoms. The van der Waals surface area contributed by atoms with E-state index in [1.165, 1.54) is 19.3 Å². The number of imidazole rings is 1. The van der Waals surface area contributed by atoms with Crippen LogP contribution in [0.15, 0.2) is 47.4 Å². The Kier molecular flexibility index (Phi) is 5.12. The van der Waals surface area contributed by atoms with Crippen molar-refractivity contribution >= 4 is 21.1 Å². The van der Waals surface area contributed by atoms with Crippen molar-refractivity contribution in [1.82, 2.24) is 14.7 Å². The van der Waals surface area contributed by atoms with Gasteiger partial charge in [0.25, 0.3) is 0 Å². The first-order valence-electron chi connectivity index (χ1n) is 9.74. The van der Waals surface area contributed by atoms with Gasteiger partial charge in [0, 0.05) is 6.04 Å². The summed E-state index contributed by atoms with van der Waals surface area (Å²) in [7, 11) is -3.61. The van der Waals surface area contributed by atoms with E-state index < -0.39 is 10.0 Å². The lowest BCUT2D eigenvalue weighted by Crippen LogP contribution is -2.38. The lowest BCUT2D eigenvalue weighted by molar-refractivity contribution is 0.303. The van der Waals surface area contributed by atoms with Crippen LogP contribution in [0.1, 0.15) is 39.0 Å². The minimum absolute atomic E-state index is 0.0837. The number of para-hydroxylation sites is 1. The van der Waals surface area contributed by atoms with Crippen molar-refractivity contribution in [3.63, 3.8) is 0 Å². The number of nitrogens with zero attached hydrogens (tertiary/aromatic N) is 1. The monoisotopic (exact) mass is 399 g/mol. The molecule has 1 saturated carbocycles. The molecule has 0 radical (unpaired) electrons. The highest BCUT2D eigenvalue weighted by Crippen LogP contribution is 2.30. The molecule has 1 aliphatic carbocycles. The van der Waals surface area contributed by atoms with Crippen molar-refractivity contribution in [3.8, 4) is 17.1 Å². The van der Waals surface area contributed by atoms with Crippen molar-refractivity contribution in [2.24, 2.45) is 5.92 Å². The fourth-order valence-electron chi connectivity index (χ4n) is 4.00. The Morgan fingerprint density at radius 2 is 1.89 bits per heavy atom. The van der Waals surface area contributed by atoms with Gasteiger partial charge in [0.15, 0.2) is 0 Å². The van der Waals surface area contributed by atoms with Crippen molar-refractivity contribution in [1.29, 1.82) is 0 Å². The molecule has 1 aromatic heterocycles. The minimum Gasteiger partial charge on any atom is -0.507 e. The number of nitrogens with one attached hydrogen (secondary N) is 2. The summed E-state index contributed by atoms with van der Waals surface area (Å²) in [4.78, 5) is 7.81. The number of hydrogen-bond acceptors (Lipinski definition) is 4. The Balaban J connectivity index is 1.61. The van der Waals surface area contributed by atoms with Gasteiger partial charge >= 0.3 is 0 Å². The second-order valence-corrected chi connectivity index (χ2v) is 9.30. The molecule has 0 bridgehead atoms. The number of phenolic OH excluding ortho intramolecular Hbond substituents is 1.